The largest absolute Gasteiger partial charge is 0.481 e. The van der Waals surface area contributed by atoms with Crippen molar-refractivity contribution in [3.63, 3.8) is 0 Å². The Balaban J connectivity index is 2.97. The first kappa shape index (κ1) is 15.3. The van der Waals surface area contributed by atoms with Gasteiger partial charge in [-0.2, -0.15) is 5.26 Å². The summed E-state index contributed by atoms with van der Waals surface area (Å²) in [5, 5.41) is 18.3. The van der Waals surface area contributed by atoms with Crippen LogP contribution in [0.2, 0.25) is 5.02 Å². The van der Waals surface area contributed by atoms with Crippen LogP contribution in [0.1, 0.15) is 32.3 Å². The summed E-state index contributed by atoms with van der Waals surface area (Å²) >= 11 is 6.02. The molecule has 1 aromatic rings. The second-order valence-corrected chi connectivity index (χ2v) is 4.94. The first-order valence-electron chi connectivity index (χ1n) is 6.14. The average molecular weight is 281 g/mol. The minimum Gasteiger partial charge on any atom is -0.481 e. The van der Waals surface area contributed by atoms with E-state index in [2.05, 4.69) is 6.07 Å². The molecule has 0 amide bonds. The molecular weight excluding hydrogens is 264 g/mol. The quantitative estimate of drug-likeness (QED) is 0.868. The number of anilines is 1. The van der Waals surface area contributed by atoms with Gasteiger partial charge in [0.05, 0.1) is 16.3 Å². The van der Waals surface area contributed by atoms with Gasteiger partial charge < -0.3 is 10.0 Å². The zero-order valence-corrected chi connectivity index (χ0v) is 11.8. The predicted molar refractivity (Wildman–Crippen MR) is 75.5 cm³/mol. The standard InChI is InChI=1S/C14H17ClN2O2/c1-10(2)17(8-4-7-14(18)19)13-6-3-5-12(15)11(13)9-16/h3,5-6,10H,4,7-8H2,1-2H3,(H,18,19). The molecule has 102 valence electrons. The van der Waals surface area contributed by atoms with Crippen LogP contribution < -0.4 is 4.90 Å². The Morgan fingerprint density at radius 1 is 1.53 bits per heavy atom. The first-order valence-corrected chi connectivity index (χ1v) is 6.52. The van der Waals surface area contributed by atoms with Crippen LogP contribution in [0.4, 0.5) is 5.69 Å². The fourth-order valence-electron chi connectivity index (χ4n) is 1.92. The molecule has 1 N–H and O–H groups in total. The Kier molecular flexibility index (Phi) is 5.65. The number of nitriles is 1. The minimum absolute atomic E-state index is 0.117. The zero-order valence-electron chi connectivity index (χ0n) is 11.1. The van der Waals surface area contributed by atoms with Gasteiger partial charge in [-0.15, -0.1) is 0 Å². The van der Waals surface area contributed by atoms with Gasteiger partial charge in [0.25, 0.3) is 0 Å². The molecule has 0 unspecified atom stereocenters. The minimum atomic E-state index is -0.810. The third-order valence-electron chi connectivity index (χ3n) is 2.83. The fourth-order valence-corrected chi connectivity index (χ4v) is 2.13. The average Bonchev–Trinajstić information content (AvgIpc) is 2.33. The summed E-state index contributed by atoms with van der Waals surface area (Å²) in [6.45, 7) is 4.59. The molecule has 0 aliphatic carbocycles. The molecule has 0 fully saturated rings. The highest BCUT2D eigenvalue weighted by Gasteiger charge is 2.16. The molecule has 4 nitrogen and oxygen atoms in total. The van der Waals surface area contributed by atoms with E-state index in [9.17, 15) is 10.1 Å². The number of hydrogen-bond donors (Lipinski definition) is 1. The SMILES string of the molecule is CC(C)N(CCCC(=O)O)c1cccc(Cl)c1C#N. The van der Waals surface area contributed by atoms with E-state index in [1.165, 1.54) is 0 Å². The first-order chi connectivity index (χ1) is 8.97. The van der Waals surface area contributed by atoms with Crippen molar-refractivity contribution in [3.8, 4) is 6.07 Å². The van der Waals surface area contributed by atoms with Crippen molar-refractivity contribution in [2.24, 2.45) is 0 Å². The van der Waals surface area contributed by atoms with Crippen LogP contribution in [0.25, 0.3) is 0 Å². The van der Waals surface area contributed by atoms with Crippen molar-refractivity contribution in [1.29, 1.82) is 5.26 Å². The van der Waals surface area contributed by atoms with Gasteiger partial charge in [-0.3, -0.25) is 4.79 Å². The molecule has 0 saturated carbocycles. The molecule has 0 aliphatic rings. The summed E-state index contributed by atoms with van der Waals surface area (Å²) in [5.41, 5.74) is 1.20. The smallest absolute Gasteiger partial charge is 0.303 e. The van der Waals surface area contributed by atoms with E-state index in [1.54, 1.807) is 12.1 Å². The van der Waals surface area contributed by atoms with Crippen molar-refractivity contribution in [2.45, 2.75) is 32.7 Å². The molecule has 1 rings (SSSR count). The Bertz CT molecular complexity index is 495. The van der Waals surface area contributed by atoms with Crippen molar-refractivity contribution in [3.05, 3.63) is 28.8 Å². The number of nitrogens with zero attached hydrogens (tertiary/aromatic N) is 2. The number of aliphatic carboxylic acids is 1. The second-order valence-electron chi connectivity index (χ2n) is 4.53. The number of benzene rings is 1. The second kappa shape index (κ2) is 7.01. The van der Waals surface area contributed by atoms with Crippen molar-refractivity contribution < 1.29 is 9.90 Å². The molecule has 0 saturated heterocycles. The maximum absolute atomic E-state index is 10.6. The molecule has 5 heteroatoms. The lowest BCUT2D eigenvalue weighted by Crippen LogP contribution is -2.32. The van der Waals surface area contributed by atoms with E-state index in [1.807, 2.05) is 24.8 Å². The Labute approximate surface area is 118 Å². The molecule has 0 spiro atoms. The number of rotatable bonds is 6. The lowest BCUT2D eigenvalue weighted by molar-refractivity contribution is -0.137. The highest BCUT2D eigenvalue weighted by atomic mass is 35.5. The van der Waals surface area contributed by atoms with Crippen LogP contribution in [0, 0.1) is 11.3 Å². The van der Waals surface area contributed by atoms with E-state index in [0.717, 1.165) is 5.69 Å². The monoisotopic (exact) mass is 280 g/mol. The van der Waals surface area contributed by atoms with Gasteiger partial charge in [-0.1, -0.05) is 17.7 Å². The van der Waals surface area contributed by atoms with Gasteiger partial charge in [-0.25, -0.2) is 0 Å². The fraction of sp³-hybridized carbons (Fsp3) is 0.429. The Morgan fingerprint density at radius 2 is 2.21 bits per heavy atom. The molecular formula is C14H17ClN2O2. The summed E-state index contributed by atoms with van der Waals surface area (Å²) in [6, 6.07) is 7.59. The van der Waals surface area contributed by atoms with Gasteiger partial charge in [0.2, 0.25) is 0 Å². The summed E-state index contributed by atoms with van der Waals surface area (Å²) in [6.07, 6.45) is 0.649. The topological polar surface area (TPSA) is 64.3 Å². The van der Waals surface area contributed by atoms with Gasteiger partial charge in [0.15, 0.2) is 0 Å². The van der Waals surface area contributed by atoms with Crippen molar-refractivity contribution in [2.75, 3.05) is 11.4 Å². The predicted octanol–water partition coefficient (Wildman–Crippen LogP) is 3.29. The Hall–Kier alpha value is -1.73. The van der Waals surface area contributed by atoms with E-state index < -0.39 is 5.97 Å². The number of hydrogen-bond acceptors (Lipinski definition) is 3. The lowest BCUT2D eigenvalue weighted by atomic mass is 10.1. The van der Waals surface area contributed by atoms with Crippen LogP contribution in [-0.4, -0.2) is 23.7 Å². The summed E-state index contributed by atoms with van der Waals surface area (Å²) in [7, 11) is 0. The third-order valence-corrected chi connectivity index (χ3v) is 3.14. The molecule has 0 aliphatic heterocycles. The molecule has 19 heavy (non-hydrogen) atoms. The molecule has 0 radical (unpaired) electrons. The van der Waals surface area contributed by atoms with Crippen LogP contribution in [0.15, 0.2) is 18.2 Å². The van der Waals surface area contributed by atoms with E-state index >= 15 is 0 Å². The normalized spacial score (nSPS) is 10.3. The molecule has 0 aromatic heterocycles. The maximum atomic E-state index is 10.6. The van der Waals surface area contributed by atoms with Gasteiger partial charge in [-0.05, 0) is 32.4 Å². The molecule has 0 bridgehead atoms. The molecule has 1 aromatic carbocycles. The number of carboxylic acids is 1. The van der Waals surface area contributed by atoms with Gasteiger partial charge >= 0.3 is 5.97 Å². The maximum Gasteiger partial charge on any atom is 0.303 e. The van der Waals surface area contributed by atoms with E-state index in [-0.39, 0.29) is 12.5 Å². The third kappa shape index (κ3) is 4.15. The molecule has 0 atom stereocenters. The van der Waals surface area contributed by atoms with E-state index in [0.29, 0.717) is 23.6 Å². The van der Waals surface area contributed by atoms with Gasteiger partial charge in [0.1, 0.15) is 6.07 Å². The van der Waals surface area contributed by atoms with Crippen molar-refractivity contribution >= 4 is 23.3 Å². The van der Waals surface area contributed by atoms with E-state index in [4.69, 9.17) is 16.7 Å². The highest BCUT2D eigenvalue weighted by Crippen LogP contribution is 2.28. The number of carbonyl (C=O) groups is 1. The summed E-state index contributed by atoms with van der Waals surface area (Å²) in [5.74, 6) is -0.810. The number of halogens is 1. The number of carboxylic acid groups (broad SMARTS) is 1. The summed E-state index contributed by atoms with van der Waals surface area (Å²) < 4.78 is 0. The van der Waals surface area contributed by atoms with Crippen LogP contribution in [0.3, 0.4) is 0 Å². The van der Waals surface area contributed by atoms with Crippen LogP contribution >= 0.6 is 11.6 Å². The van der Waals surface area contributed by atoms with Crippen molar-refractivity contribution in [1.82, 2.24) is 0 Å². The van der Waals surface area contributed by atoms with Crippen LogP contribution in [-0.2, 0) is 4.79 Å². The lowest BCUT2D eigenvalue weighted by Gasteiger charge is -2.30. The van der Waals surface area contributed by atoms with Crippen LogP contribution in [0.5, 0.6) is 0 Å². The highest BCUT2D eigenvalue weighted by molar-refractivity contribution is 6.32. The molecule has 0 heterocycles. The Morgan fingerprint density at radius 3 is 2.74 bits per heavy atom. The summed E-state index contributed by atoms with van der Waals surface area (Å²) in [4.78, 5) is 12.6. The van der Waals surface area contributed by atoms with Gasteiger partial charge in [0, 0.05) is 19.0 Å². The zero-order chi connectivity index (χ0) is 14.4.